The Kier molecular flexibility index (Phi) is 7.34. The first-order chi connectivity index (χ1) is 13.5. The summed E-state index contributed by atoms with van der Waals surface area (Å²) in [7, 11) is 0. The van der Waals surface area contributed by atoms with E-state index in [0.29, 0.717) is 22.0 Å². The number of amides is 2. The topological polar surface area (TPSA) is 58.6 Å². The minimum atomic E-state index is -0.300. The Morgan fingerprint density at radius 2 is 1.71 bits per heavy atom. The summed E-state index contributed by atoms with van der Waals surface area (Å²) in [5, 5.41) is 3.19. The summed E-state index contributed by atoms with van der Waals surface area (Å²) in [6, 6.07) is 12.1. The van der Waals surface area contributed by atoms with E-state index in [1.54, 1.807) is 42.5 Å². The van der Waals surface area contributed by atoms with E-state index < -0.39 is 0 Å². The molecule has 0 radical (unpaired) electrons. The van der Waals surface area contributed by atoms with Gasteiger partial charge in [-0.25, -0.2) is 0 Å². The van der Waals surface area contributed by atoms with Crippen LogP contribution in [0.15, 0.2) is 46.9 Å². The van der Waals surface area contributed by atoms with Gasteiger partial charge in [-0.15, -0.1) is 0 Å². The van der Waals surface area contributed by atoms with Crippen LogP contribution in [0.3, 0.4) is 0 Å². The zero-order valence-electron chi connectivity index (χ0n) is 15.4. The number of likely N-dealkylation sites (tertiary alicyclic amines) is 1. The molecule has 0 atom stereocenters. The minimum Gasteiger partial charge on any atom is -0.482 e. The molecule has 1 N–H and O–H groups in total. The van der Waals surface area contributed by atoms with Crippen molar-refractivity contribution in [2.75, 3.05) is 25.0 Å². The molecule has 1 aliphatic heterocycles. The van der Waals surface area contributed by atoms with Crippen LogP contribution in [0, 0.1) is 0 Å². The second kappa shape index (κ2) is 9.94. The molecule has 28 heavy (non-hydrogen) atoms. The lowest BCUT2D eigenvalue weighted by Crippen LogP contribution is -2.31. The zero-order chi connectivity index (χ0) is 19.9. The van der Waals surface area contributed by atoms with Gasteiger partial charge < -0.3 is 15.0 Å². The fourth-order valence-electron chi connectivity index (χ4n) is 3.09. The molecule has 1 heterocycles. The molecular formula is C21H22BrClN2O3. The van der Waals surface area contributed by atoms with Crippen molar-refractivity contribution in [1.82, 2.24) is 4.90 Å². The maximum absolute atomic E-state index is 12.6. The van der Waals surface area contributed by atoms with Crippen LogP contribution in [0.2, 0.25) is 5.02 Å². The van der Waals surface area contributed by atoms with E-state index in [4.69, 9.17) is 16.3 Å². The second-order valence-electron chi connectivity index (χ2n) is 6.70. The fourth-order valence-corrected chi connectivity index (χ4v) is 3.81. The van der Waals surface area contributed by atoms with Crippen molar-refractivity contribution in [3.05, 3.63) is 57.5 Å². The summed E-state index contributed by atoms with van der Waals surface area (Å²) < 4.78 is 6.29. The zero-order valence-corrected chi connectivity index (χ0v) is 17.8. The first-order valence-electron chi connectivity index (χ1n) is 9.30. The summed E-state index contributed by atoms with van der Waals surface area (Å²) in [6.45, 7) is 1.47. The second-order valence-corrected chi connectivity index (χ2v) is 8.02. The smallest absolute Gasteiger partial charge is 0.262 e. The molecule has 148 valence electrons. The standard InChI is InChI=1S/C21H22BrClN2O3/c22-16-7-10-19(18(23)13-16)28-14-20(26)24-17-8-5-15(6-9-17)21(27)25-11-3-1-2-4-12-25/h5-10,13H,1-4,11-12,14H2,(H,24,26). The summed E-state index contributed by atoms with van der Waals surface area (Å²) in [5.74, 6) is 0.192. The van der Waals surface area contributed by atoms with Crippen LogP contribution in [0.5, 0.6) is 5.75 Å². The van der Waals surface area contributed by atoms with Crippen LogP contribution in [-0.4, -0.2) is 36.4 Å². The van der Waals surface area contributed by atoms with E-state index in [1.165, 1.54) is 12.8 Å². The van der Waals surface area contributed by atoms with E-state index in [-0.39, 0.29) is 18.4 Å². The third-order valence-corrected chi connectivity index (χ3v) is 5.35. The van der Waals surface area contributed by atoms with Crippen LogP contribution >= 0.6 is 27.5 Å². The third-order valence-electron chi connectivity index (χ3n) is 4.56. The van der Waals surface area contributed by atoms with Gasteiger partial charge in [0.2, 0.25) is 0 Å². The molecule has 0 bridgehead atoms. The molecule has 1 fully saturated rings. The SMILES string of the molecule is O=C(COc1ccc(Br)cc1Cl)Nc1ccc(C(=O)N2CCCCCC2)cc1. The Bertz CT molecular complexity index is 834. The van der Waals surface area contributed by atoms with Gasteiger partial charge in [0.25, 0.3) is 11.8 Å². The maximum atomic E-state index is 12.6. The van der Waals surface area contributed by atoms with Gasteiger partial charge in [0.1, 0.15) is 5.75 Å². The molecule has 0 spiro atoms. The quantitative estimate of drug-likeness (QED) is 0.665. The van der Waals surface area contributed by atoms with Crippen LogP contribution < -0.4 is 10.1 Å². The maximum Gasteiger partial charge on any atom is 0.262 e. The number of carbonyl (C=O) groups is 2. The van der Waals surface area contributed by atoms with Gasteiger partial charge in [-0.2, -0.15) is 0 Å². The lowest BCUT2D eigenvalue weighted by molar-refractivity contribution is -0.118. The number of hydrogen-bond acceptors (Lipinski definition) is 3. The third kappa shape index (κ3) is 5.72. The Hall–Kier alpha value is -2.05. The molecule has 2 aromatic carbocycles. The average molecular weight is 466 g/mol. The van der Waals surface area contributed by atoms with Gasteiger partial charge in [0.05, 0.1) is 5.02 Å². The van der Waals surface area contributed by atoms with Gasteiger partial charge in [0.15, 0.2) is 6.61 Å². The van der Waals surface area contributed by atoms with Crippen molar-refractivity contribution in [1.29, 1.82) is 0 Å². The van der Waals surface area contributed by atoms with Gasteiger partial charge in [-0.3, -0.25) is 9.59 Å². The first-order valence-corrected chi connectivity index (χ1v) is 10.5. The molecule has 1 saturated heterocycles. The number of hydrogen-bond donors (Lipinski definition) is 1. The van der Waals surface area contributed by atoms with E-state index in [0.717, 1.165) is 30.4 Å². The number of nitrogens with one attached hydrogen (secondary N) is 1. The van der Waals surface area contributed by atoms with Gasteiger partial charge >= 0.3 is 0 Å². The van der Waals surface area contributed by atoms with Crippen molar-refractivity contribution in [3.63, 3.8) is 0 Å². The highest BCUT2D eigenvalue weighted by Crippen LogP contribution is 2.27. The van der Waals surface area contributed by atoms with Crippen LogP contribution in [-0.2, 0) is 4.79 Å². The van der Waals surface area contributed by atoms with E-state index in [2.05, 4.69) is 21.2 Å². The van der Waals surface area contributed by atoms with E-state index >= 15 is 0 Å². The molecule has 5 nitrogen and oxygen atoms in total. The number of nitrogens with zero attached hydrogens (tertiary/aromatic N) is 1. The normalized spacial score (nSPS) is 14.3. The van der Waals surface area contributed by atoms with E-state index in [1.807, 2.05) is 4.90 Å². The van der Waals surface area contributed by atoms with Crippen molar-refractivity contribution >= 4 is 45.0 Å². The molecule has 0 unspecified atom stereocenters. The summed E-state index contributed by atoms with van der Waals surface area (Å²) in [6.07, 6.45) is 4.48. The number of anilines is 1. The van der Waals surface area contributed by atoms with E-state index in [9.17, 15) is 9.59 Å². The largest absolute Gasteiger partial charge is 0.482 e. The predicted molar refractivity (Wildman–Crippen MR) is 114 cm³/mol. The first kappa shape index (κ1) is 20.7. The number of carbonyl (C=O) groups excluding carboxylic acids is 2. The summed E-state index contributed by atoms with van der Waals surface area (Å²) >= 11 is 9.39. The van der Waals surface area contributed by atoms with Gasteiger partial charge in [-0.05, 0) is 55.3 Å². The molecule has 7 heteroatoms. The lowest BCUT2D eigenvalue weighted by atomic mass is 10.1. The molecule has 0 aromatic heterocycles. The Labute approximate surface area is 178 Å². The average Bonchev–Trinajstić information content (AvgIpc) is 2.97. The van der Waals surface area contributed by atoms with Gasteiger partial charge in [0, 0.05) is 28.8 Å². The van der Waals surface area contributed by atoms with Crippen molar-refractivity contribution < 1.29 is 14.3 Å². The molecular weight excluding hydrogens is 444 g/mol. The molecule has 0 saturated carbocycles. The Morgan fingerprint density at radius 1 is 1.04 bits per heavy atom. The van der Waals surface area contributed by atoms with Crippen LogP contribution in [0.4, 0.5) is 5.69 Å². The number of ether oxygens (including phenoxy) is 1. The van der Waals surface area contributed by atoms with Crippen LogP contribution in [0.25, 0.3) is 0 Å². The minimum absolute atomic E-state index is 0.0491. The fraction of sp³-hybridized carbons (Fsp3) is 0.333. The molecule has 3 rings (SSSR count). The lowest BCUT2D eigenvalue weighted by Gasteiger charge is -2.20. The van der Waals surface area contributed by atoms with Crippen LogP contribution in [0.1, 0.15) is 36.0 Å². The summed E-state index contributed by atoms with van der Waals surface area (Å²) in [4.78, 5) is 26.6. The number of rotatable bonds is 5. The predicted octanol–water partition coefficient (Wildman–Crippen LogP) is 5.14. The van der Waals surface area contributed by atoms with Crippen molar-refractivity contribution in [2.24, 2.45) is 0 Å². The number of benzene rings is 2. The van der Waals surface area contributed by atoms with Crippen molar-refractivity contribution in [3.8, 4) is 5.75 Å². The molecule has 1 aliphatic rings. The highest BCUT2D eigenvalue weighted by atomic mass is 79.9. The highest BCUT2D eigenvalue weighted by molar-refractivity contribution is 9.10. The number of halogens is 2. The molecule has 2 aromatic rings. The Morgan fingerprint density at radius 3 is 2.36 bits per heavy atom. The Balaban J connectivity index is 1.53. The summed E-state index contributed by atoms with van der Waals surface area (Å²) in [5.41, 5.74) is 1.25. The van der Waals surface area contributed by atoms with Crippen molar-refractivity contribution in [2.45, 2.75) is 25.7 Å². The molecule has 2 amide bonds. The molecule has 0 aliphatic carbocycles. The monoisotopic (exact) mass is 464 g/mol. The van der Waals surface area contributed by atoms with Gasteiger partial charge in [-0.1, -0.05) is 40.4 Å². The highest BCUT2D eigenvalue weighted by Gasteiger charge is 2.17.